The summed E-state index contributed by atoms with van der Waals surface area (Å²) >= 11 is 0. The van der Waals surface area contributed by atoms with Crippen molar-refractivity contribution in [3.63, 3.8) is 0 Å². The van der Waals surface area contributed by atoms with E-state index in [1.54, 1.807) is 23.1 Å². The van der Waals surface area contributed by atoms with Crippen LogP contribution in [-0.4, -0.2) is 53.2 Å². The van der Waals surface area contributed by atoms with Gasteiger partial charge in [0.25, 0.3) is 5.91 Å². The highest BCUT2D eigenvalue weighted by Crippen LogP contribution is 2.29. The van der Waals surface area contributed by atoms with Crippen LogP contribution >= 0.6 is 0 Å². The summed E-state index contributed by atoms with van der Waals surface area (Å²) in [5, 5.41) is 2.96. The number of amides is 2. The number of nitrogens with zero attached hydrogens (tertiary/aromatic N) is 3. The van der Waals surface area contributed by atoms with Crippen LogP contribution in [0.1, 0.15) is 48.7 Å². The van der Waals surface area contributed by atoms with E-state index < -0.39 is 18.8 Å². The number of nitrogens with two attached hydrogens (primary N) is 1. The number of likely N-dealkylation sites (N-methyl/N-ethyl adjacent to an activating group) is 1. The van der Waals surface area contributed by atoms with Gasteiger partial charge in [-0.15, -0.1) is 0 Å². The molecule has 1 aliphatic rings. The summed E-state index contributed by atoms with van der Waals surface area (Å²) in [7, 11) is 1.46. The first-order valence-corrected chi connectivity index (χ1v) is 10.4. The van der Waals surface area contributed by atoms with E-state index in [0.29, 0.717) is 29.6 Å². The normalized spacial score (nSPS) is 15.2. The van der Waals surface area contributed by atoms with Crippen molar-refractivity contribution in [2.45, 2.75) is 39.0 Å². The van der Waals surface area contributed by atoms with Crippen molar-refractivity contribution < 1.29 is 18.4 Å². The summed E-state index contributed by atoms with van der Waals surface area (Å²) in [6.07, 6.45) is 0.955. The molecule has 3 rings (SSSR count). The minimum Gasteiger partial charge on any atom is -0.368 e. The molecule has 1 aromatic heterocycles. The predicted octanol–water partition coefficient (Wildman–Crippen LogP) is 3.44. The molecule has 1 aliphatic heterocycles. The second-order valence-corrected chi connectivity index (χ2v) is 7.81. The number of nitrogen functional groups attached to an aromatic ring is 1. The molecule has 1 unspecified atom stereocenters. The van der Waals surface area contributed by atoms with Crippen molar-refractivity contribution in [3.05, 3.63) is 52.8 Å². The number of fused-ring (bicyclic) bond motifs is 1. The number of benzene rings is 1. The number of allylic oxidation sites excluding steroid dienone is 1. The van der Waals surface area contributed by atoms with Gasteiger partial charge < -0.3 is 16.0 Å². The first kappa shape index (κ1) is 23.3. The molecule has 170 valence electrons. The van der Waals surface area contributed by atoms with Crippen molar-refractivity contribution in [1.82, 2.24) is 20.2 Å². The molecular formula is C23H27F2N5O2. The van der Waals surface area contributed by atoms with Gasteiger partial charge in [-0.05, 0) is 49.1 Å². The first-order chi connectivity index (χ1) is 15.2. The highest BCUT2D eigenvalue weighted by Gasteiger charge is 2.27. The zero-order valence-corrected chi connectivity index (χ0v) is 18.4. The Kier molecular flexibility index (Phi) is 7.17. The van der Waals surface area contributed by atoms with Crippen molar-refractivity contribution in [2.24, 2.45) is 0 Å². The number of alkyl halides is 2. The smallest absolute Gasteiger partial charge is 0.273 e. The zero-order chi connectivity index (χ0) is 23.4. The largest absolute Gasteiger partial charge is 0.368 e. The summed E-state index contributed by atoms with van der Waals surface area (Å²) < 4.78 is 25.6. The second-order valence-electron chi connectivity index (χ2n) is 7.81. The molecule has 2 heterocycles. The van der Waals surface area contributed by atoms with E-state index in [4.69, 9.17) is 5.73 Å². The number of hydrogen-bond donors (Lipinski definition) is 2. The van der Waals surface area contributed by atoms with Gasteiger partial charge in [0, 0.05) is 31.9 Å². The Morgan fingerprint density at radius 2 is 2.00 bits per heavy atom. The van der Waals surface area contributed by atoms with Crippen LogP contribution in [0.2, 0.25) is 0 Å². The average Bonchev–Trinajstić information content (AvgIpc) is 3.13. The Hall–Kier alpha value is -3.36. The number of aromatic nitrogens is 2. The first-order valence-electron chi connectivity index (χ1n) is 10.4. The molecule has 0 fully saturated rings. The highest BCUT2D eigenvalue weighted by atomic mass is 19.3. The molecule has 2 aromatic rings. The van der Waals surface area contributed by atoms with Gasteiger partial charge in [-0.1, -0.05) is 18.2 Å². The van der Waals surface area contributed by atoms with Gasteiger partial charge in [0.15, 0.2) is 0 Å². The Labute approximate surface area is 185 Å². The minimum absolute atomic E-state index is 0.0239. The summed E-state index contributed by atoms with van der Waals surface area (Å²) in [6.45, 7) is 4.82. The predicted molar refractivity (Wildman–Crippen MR) is 119 cm³/mol. The molecule has 9 heteroatoms. The molecule has 3 N–H and O–H groups in total. The quantitative estimate of drug-likeness (QED) is 0.683. The SMILES string of the molecule is CC=CC1=C(C)CN(C(=O)c2nc(N)nc3ccc(C(CCC(F)F)C(=O)NC)cc23)C1. The lowest BCUT2D eigenvalue weighted by Gasteiger charge is -2.19. The zero-order valence-electron chi connectivity index (χ0n) is 18.4. The Morgan fingerprint density at radius 3 is 2.66 bits per heavy atom. The molecule has 0 saturated carbocycles. The number of carbonyl (C=O) groups excluding carboxylic acids is 2. The third kappa shape index (κ3) is 4.92. The fraction of sp³-hybridized carbons (Fsp3) is 0.391. The van der Waals surface area contributed by atoms with Crippen molar-refractivity contribution >= 4 is 28.7 Å². The molecule has 0 radical (unpaired) electrons. The average molecular weight is 443 g/mol. The number of rotatable bonds is 7. The number of hydrogen-bond acceptors (Lipinski definition) is 5. The van der Waals surface area contributed by atoms with Crippen LogP contribution in [0.5, 0.6) is 0 Å². The summed E-state index contributed by atoms with van der Waals surface area (Å²) in [6, 6.07) is 4.92. The van der Waals surface area contributed by atoms with Crippen LogP contribution in [0.25, 0.3) is 10.9 Å². The van der Waals surface area contributed by atoms with Gasteiger partial charge in [0.2, 0.25) is 18.3 Å². The van der Waals surface area contributed by atoms with Crippen LogP contribution in [0.3, 0.4) is 0 Å². The maximum atomic E-state index is 13.3. The fourth-order valence-corrected chi connectivity index (χ4v) is 3.93. The van der Waals surface area contributed by atoms with Gasteiger partial charge in [0.1, 0.15) is 5.69 Å². The number of nitrogens with one attached hydrogen (secondary N) is 1. The summed E-state index contributed by atoms with van der Waals surface area (Å²) in [5.74, 6) is -1.49. The van der Waals surface area contributed by atoms with E-state index in [0.717, 1.165) is 11.1 Å². The van der Waals surface area contributed by atoms with Crippen LogP contribution < -0.4 is 11.1 Å². The van der Waals surface area contributed by atoms with Crippen molar-refractivity contribution in [3.8, 4) is 0 Å². The molecule has 1 atom stereocenters. The lowest BCUT2D eigenvalue weighted by atomic mass is 9.92. The van der Waals surface area contributed by atoms with Gasteiger partial charge in [0.05, 0.1) is 11.4 Å². The van der Waals surface area contributed by atoms with Crippen LogP contribution in [0, 0.1) is 0 Å². The number of halogens is 2. The number of anilines is 1. The van der Waals surface area contributed by atoms with E-state index in [1.807, 2.05) is 26.0 Å². The molecule has 0 saturated heterocycles. The Balaban J connectivity index is 2.02. The molecule has 2 amide bonds. The minimum atomic E-state index is -2.51. The topological polar surface area (TPSA) is 101 Å². The monoisotopic (exact) mass is 443 g/mol. The van der Waals surface area contributed by atoms with E-state index >= 15 is 0 Å². The molecule has 0 bridgehead atoms. The third-order valence-corrected chi connectivity index (χ3v) is 5.57. The Morgan fingerprint density at radius 1 is 1.25 bits per heavy atom. The molecular weight excluding hydrogens is 416 g/mol. The van der Waals surface area contributed by atoms with Gasteiger partial charge in [-0.25, -0.2) is 18.7 Å². The van der Waals surface area contributed by atoms with E-state index in [1.165, 1.54) is 7.05 Å². The van der Waals surface area contributed by atoms with E-state index in [9.17, 15) is 18.4 Å². The highest BCUT2D eigenvalue weighted by molar-refractivity contribution is 6.05. The van der Waals surface area contributed by atoms with Gasteiger partial charge in [-0.3, -0.25) is 9.59 Å². The van der Waals surface area contributed by atoms with Crippen LogP contribution in [0.4, 0.5) is 14.7 Å². The maximum absolute atomic E-state index is 13.3. The van der Waals surface area contributed by atoms with E-state index in [-0.39, 0.29) is 29.9 Å². The molecule has 0 spiro atoms. The summed E-state index contributed by atoms with van der Waals surface area (Å²) in [5.41, 5.74) is 9.11. The maximum Gasteiger partial charge on any atom is 0.273 e. The lowest BCUT2D eigenvalue weighted by Crippen LogP contribution is -2.30. The van der Waals surface area contributed by atoms with Crippen LogP contribution in [-0.2, 0) is 4.79 Å². The Bertz CT molecular complexity index is 1100. The molecule has 32 heavy (non-hydrogen) atoms. The standard InChI is InChI=1S/C23H27F2N5O2/c1-4-5-15-12-30(11-13(15)2)22(32)20-17-10-14(6-8-18(17)28-23(26)29-20)16(21(31)27-3)7-9-19(24)25/h4-6,8,10,16,19H,7,9,11-12H2,1-3H3,(H,27,31)(H2,26,28,29). The fourth-order valence-electron chi connectivity index (χ4n) is 3.93. The van der Waals surface area contributed by atoms with Gasteiger partial charge in [-0.2, -0.15) is 0 Å². The van der Waals surface area contributed by atoms with Crippen LogP contribution in [0.15, 0.2) is 41.5 Å². The van der Waals surface area contributed by atoms with Crippen molar-refractivity contribution in [1.29, 1.82) is 0 Å². The second kappa shape index (κ2) is 9.84. The van der Waals surface area contributed by atoms with Crippen molar-refractivity contribution in [2.75, 3.05) is 25.9 Å². The number of carbonyl (C=O) groups is 2. The molecule has 0 aliphatic carbocycles. The van der Waals surface area contributed by atoms with E-state index in [2.05, 4.69) is 15.3 Å². The molecule has 1 aromatic carbocycles. The summed E-state index contributed by atoms with van der Waals surface area (Å²) in [4.78, 5) is 35.8. The lowest BCUT2D eigenvalue weighted by molar-refractivity contribution is -0.122. The third-order valence-electron chi connectivity index (χ3n) is 5.57. The van der Waals surface area contributed by atoms with Gasteiger partial charge >= 0.3 is 0 Å². The molecule has 7 nitrogen and oxygen atoms in total.